The van der Waals surface area contributed by atoms with Gasteiger partial charge in [-0.25, -0.2) is 4.98 Å². The van der Waals surface area contributed by atoms with E-state index in [1.54, 1.807) is 18.7 Å². The summed E-state index contributed by atoms with van der Waals surface area (Å²) in [7, 11) is 0. The van der Waals surface area contributed by atoms with Crippen LogP contribution in [0.4, 0.5) is 0 Å². The lowest BCUT2D eigenvalue weighted by molar-refractivity contribution is -0.122. The van der Waals surface area contributed by atoms with Gasteiger partial charge in [0, 0.05) is 0 Å². The second-order valence-electron chi connectivity index (χ2n) is 4.77. The number of benzene rings is 1. The predicted molar refractivity (Wildman–Crippen MR) is 98.1 cm³/mol. The smallest absolute Gasteiger partial charge is 0.237 e. The third-order valence-corrected chi connectivity index (χ3v) is 3.72. The molecule has 0 aliphatic rings. The fourth-order valence-electron chi connectivity index (χ4n) is 1.95. The number of nitrogens with zero attached hydrogens (tertiary/aromatic N) is 1. The number of hydrogen-bond donors (Lipinski definition) is 3. The van der Waals surface area contributed by atoms with Crippen molar-refractivity contribution in [2.75, 3.05) is 12.0 Å². The minimum absolute atomic E-state index is 0. The van der Waals surface area contributed by atoms with Gasteiger partial charge in [-0.1, -0.05) is 12.1 Å². The Hall–Kier alpha value is -0.950. The fraction of sp³-hybridized carbons (Fsp3) is 0.429. The summed E-state index contributed by atoms with van der Waals surface area (Å²) in [5, 5.41) is 2.96. The van der Waals surface area contributed by atoms with Crippen LogP contribution in [0.25, 0.3) is 11.0 Å². The van der Waals surface area contributed by atoms with Crippen LogP contribution in [0.2, 0.25) is 0 Å². The standard InChI is InChI=1S/C14H20N4OS.2ClH/c1-9(15)14(19)18-12(7-8-20-2)13-16-10-5-3-4-6-11(10)17-13;;/h3-6,9,12H,7-8,15H2,1-2H3,(H,16,17)(H,18,19);2*1H. The molecule has 0 saturated carbocycles. The lowest BCUT2D eigenvalue weighted by atomic mass is 10.2. The van der Waals surface area contributed by atoms with Crippen LogP contribution in [-0.2, 0) is 4.79 Å². The normalized spacial score (nSPS) is 12.9. The van der Waals surface area contributed by atoms with Crippen LogP contribution in [0.1, 0.15) is 25.2 Å². The fourth-order valence-corrected chi connectivity index (χ4v) is 2.43. The number of aromatic nitrogens is 2. The van der Waals surface area contributed by atoms with Crippen LogP contribution < -0.4 is 11.1 Å². The van der Waals surface area contributed by atoms with Gasteiger partial charge in [0.05, 0.1) is 23.1 Å². The van der Waals surface area contributed by atoms with E-state index >= 15 is 0 Å². The van der Waals surface area contributed by atoms with E-state index in [4.69, 9.17) is 5.73 Å². The number of para-hydroxylation sites is 2. The molecular weight excluding hydrogens is 343 g/mol. The number of nitrogens with two attached hydrogens (primary N) is 1. The minimum atomic E-state index is -0.517. The van der Waals surface area contributed by atoms with Crippen LogP contribution in [-0.4, -0.2) is 33.9 Å². The third kappa shape index (κ3) is 5.35. The molecule has 0 fully saturated rings. The van der Waals surface area contributed by atoms with Gasteiger partial charge in [-0.05, 0) is 37.5 Å². The van der Waals surface area contributed by atoms with E-state index in [1.807, 2.05) is 30.5 Å². The molecular formula is C14H22Cl2N4OS. The molecule has 0 spiro atoms. The van der Waals surface area contributed by atoms with E-state index in [2.05, 4.69) is 15.3 Å². The van der Waals surface area contributed by atoms with Crippen LogP contribution >= 0.6 is 36.6 Å². The summed E-state index contributed by atoms with van der Waals surface area (Å²) < 4.78 is 0. The number of hydrogen-bond acceptors (Lipinski definition) is 4. The molecule has 1 heterocycles. The number of halogens is 2. The van der Waals surface area contributed by atoms with Crippen molar-refractivity contribution >= 4 is 53.5 Å². The third-order valence-electron chi connectivity index (χ3n) is 3.08. The zero-order chi connectivity index (χ0) is 14.5. The summed E-state index contributed by atoms with van der Waals surface area (Å²) in [6, 6.07) is 7.19. The first-order valence-electron chi connectivity index (χ1n) is 6.61. The van der Waals surface area contributed by atoms with Gasteiger partial charge in [0.1, 0.15) is 5.82 Å². The minimum Gasteiger partial charge on any atom is -0.345 e. The molecule has 0 bridgehead atoms. The number of carbonyl (C=O) groups excluding carboxylic acids is 1. The van der Waals surface area contributed by atoms with Gasteiger partial charge < -0.3 is 16.0 Å². The van der Waals surface area contributed by atoms with E-state index in [0.717, 1.165) is 29.0 Å². The van der Waals surface area contributed by atoms with Gasteiger partial charge in [0.2, 0.25) is 5.91 Å². The summed E-state index contributed by atoms with van der Waals surface area (Å²) in [6.45, 7) is 1.68. The number of amides is 1. The monoisotopic (exact) mass is 364 g/mol. The molecule has 5 nitrogen and oxygen atoms in total. The molecule has 8 heteroatoms. The van der Waals surface area contributed by atoms with Crippen LogP contribution in [0.15, 0.2) is 24.3 Å². The number of imidazole rings is 1. The van der Waals surface area contributed by atoms with Gasteiger partial charge in [0.15, 0.2) is 0 Å². The topological polar surface area (TPSA) is 83.8 Å². The average Bonchev–Trinajstić information content (AvgIpc) is 2.86. The number of H-pyrrole nitrogens is 1. The largest absolute Gasteiger partial charge is 0.345 e. The van der Waals surface area contributed by atoms with Crippen molar-refractivity contribution in [3.63, 3.8) is 0 Å². The molecule has 1 aromatic heterocycles. The maximum absolute atomic E-state index is 11.8. The Morgan fingerprint density at radius 2 is 2.09 bits per heavy atom. The first-order chi connectivity index (χ1) is 9.61. The maximum atomic E-state index is 11.8. The van der Waals surface area contributed by atoms with Crippen LogP contribution in [0.3, 0.4) is 0 Å². The number of rotatable bonds is 6. The van der Waals surface area contributed by atoms with Gasteiger partial charge in [-0.3, -0.25) is 4.79 Å². The summed E-state index contributed by atoms with van der Waals surface area (Å²) in [6.07, 6.45) is 2.86. The zero-order valence-electron chi connectivity index (χ0n) is 12.5. The summed E-state index contributed by atoms with van der Waals surface area (Å²) in [5.74, 6) is 1.58. The molecule has 0 aliphatic heterocycles. The van der Waals surface area contributed by atoms with E-state index < -0.39 is 6.04 Å². The Bertz CT molecular complexity index is 558. The van der Waals surface area contributed by atoms with E-state index in [0.29, 0.717) is 0 Å². The van der Waals surface area contributed by atoms with Crippen molar-refractivity contribution in [3.8, 4) is 0 Å². The molecule has 0 radical (unpaired) electrons. The van der Waals surface area contributed by atoms with Crippen molar-refractivity contribution in [3.05, 3.63) is 30.1 Å². The number of thioether (sulfide) groups is 1. The van der Waals surface area contributed by atoms with Crippen molar-refractivity contribution < 1.29 is 4.79 Å². The van der Waals surface area contributed by atoms with E-state index in [9.17, 15) is 4.79 Å². The number of carbonyl (C=O) groups is 1. The summed E-state index contributed by atoms with van der Waals surface area (Å²) in [5.41, 5.74) is 7.51. The number of nitrogens with one attached hydrogen (secondary N) is 2. The van der Waals surface area contributed by atoms with E-state index in [-0.39, 0.29) is 36.8 Å². The Morgan fingerprint density at radius 1 is 1.41 bits per heavy atom. The molecule has 0 aliphatic carbocycles. The number of fused-ring (bicyclic) bond motifs is 1. The quantitative estimate of drug-likeness (QED) is 0.735. The highest BCUT2D eigenvalue weighted by Crippen LogP contribution is 2.20. The average molecular weight is 365 g/mol. The Balaban J connectivity index is 0.00000220. The van der Waals surface area contributed by atoms with Crippen molar-refractivity contribution in [1.82, 2.24) is 15.3 Å². The maximum Gasteiger partial charge on any atom is 0.237 e. The highest BCUT2D eigenvalue weighted by Gasteiger charge is 2.19. The lowest BCUT2D eigenvalue weighted by Gasteiger charge is -2.17. The van der Waals surface area contributed by atoms with E-state index in [1.165, 1.54) is 0 Å². The molecule has 4 N–H and O–H groups in total. The SMILES string of the molecule is CSCCC(NC(=O)C(C)N)c1nc2ccccc2[nH]1.Cl.Cl. The Morgan fingerprint density at radius 3 is 2.68 bits per heavy atom. The van der Waals surface area contributed by atoms with Crippen LogP contribution in [0.5, 0.6) is 0 Å². The van der Waals surface area contributed by atoms with Crippen molar-refractivity contribution in [2.24, 2.45) is 5.73 Å². The van der Waals surface area contributed by atoms with Gasteiger partial charge >= 0.3 is 0 Å². The molecule has 2 unspecified atom stereocenters. The molecule has 22 heavy (non-hydrogen) atoms. The molecule has 0 saturated heterocycles. The Labute approximate surface area is 147 Å². The van der Waals surface area contributed by atoms with Gasteiger partial charge in [-0.2, -0.15) is 11.8 Å². The van der Waals surface area contributed by atoms with Crippen molar-refractivity contribution in [2.45, 2.75) is 25.4 Å². The first-order valence-corrected chi connectivity index (χ1v) is 8.00. The summed E-state index contributed by atoms with van der Waals surface area (Å²) >= 11 is 1.74. The molecule has 1 aromatic carbocycles. The number of aromatic amines is 1. The first kappa shape index (κ1) is 21.0. The molecule has 2 aromatic rings. The molecule has 2 atom stereocenters. The second-order valence-corrected chi connectivity index (χ2v) is 5.76. The van der Waals surface area contributed by atoms with Crippen molar-refractivity contribution in [1.29, 1.82) is 0 Å². The second kappa shape index (κ2) is 9.94. The zero-order valence-corrected chi connectivity index (χ0v) is 15.0. The molecule has 2 rings (SSSR count). The molecule has 124 valence electrons. The van der Waals surface area contributed by atoms with Gasteiger partial charge in [0.25, 0.3) is 0 Å². The predicted octanol–water partition coefficient (Wildman–Crippen LogP) is 2.66. The lowest BCUT2D eigenvalue weighted by Crippen LogP contribution is -2.40. The summed E-state index contributed by atoms with van der Waals surface area (Å²) in [4.78, 5) is 19.7. The Kier molecular flexibility index (Phi) is 9.51. The highest BCUT2D eigenvalue weighted by molar-refractivity contribution is 7.98. The van der Waals surface area contributed by atoms with Crippen LogP contribution in [0, 0.1) is 0 Å². The molecule has 1 amide bonds. The van der Waals surface area contributed by atoms with Gasteiger partial charge in [-0.15, -0.1) is 24.8 Å². The highest BCUT2D eigenvalue weighted by atomic mass is 35.5.